The van der Waals surface area contributed by atoms with Gasteiger partial charge in [0.05, 0.1) is 17.8 Å². The van der Waals surface area contributed by atoms with Gasteiger partial charge in [-0.1, -0.05) is 18.2 Å². The Kier molecular flexibility index (Phi) is 5.04. The highest BCUT2D eigenvalue weighted by molar-refractivity contribution is 6.55. The van der Waals surface area contributed by atoms with Crippen LogP contribution in [0.15, 0.2) is 29.7 Å². The second-order valence-electron chi connectivity index (χ2n) is 6.59. The first kappa shape index (κ1) is 18.8. The number of aliphatic hydroxyl groups excluding tert-OH is 1. The van der Waals surface area contributed by atoms with Gasteiger partial charge in [0, 0.05) is 0 Å². The molecule has 2 rings (SSSR count). The Morgan fingerprint density at radius 2 is 1.79 bits per heavy atom. The highest BCUT2D eigenvalue weighted by atomic mass is 19.4. The van der Waals surface area contributed by atoms with Gasteiger partial charge in [0.25, 0.3) is 0 Å². The molecule has 0 aliphatic carbocycles. The van der Waals surface area contributed by atoms with E-state index < -0.39 is 24.7 Å². The molecule has 8 heteroatoms. The molecule has 0 radical (unpaired) electrons. The van der Waals surface area contributed by atoms with Crippen molar-refractivity contribution in [1.82, 2.24) is 0 Å². The van der Waals surface area contributed by atoms with E-state index in [9.17, 15) is 18.3 Å². The number of hydrogen-bond acceptors (Lipinski definition) is 4. The fraction of sp³-hybridized carbons (Fsp3) is 0.500. The molecule has 1 aliphatic heterocycles. The maximum atomic E-state index is 12.3. The molecular formula is C16H20BF3O4. The van der Waals surface area contributed by atoms with Gasteiger partial charge < -0.3 is 19.2 Å². The molecule has 1 heterocycles. The maximum absolute atomic E-state index is 12.3. The fourth-order valence-corrected chi connectivity index (χ4v) is 2.20. The lowest BCUT2D eigenvalue weighted by Gasteiger charge is -2.32. The van der Waals surface area contributed by atoms with E-state index in [2.05, 4.69) is 4.74 Å². The third-order valence-corrected chi connectivity index (χ3v) is 4.18. The van der Waals surface area contributed by atoms with Crippen molar-refractivity contribution in [3.8, 4) is 5.75 Å². The third-order valence-electron chi connectivity index (χ3n) is 4.18. The molecule has 0 unspecified atom stereocenters. The summed E-state index contributed by atoms with van der Waals surface area (Å²) in [6.45, 7) is 7.15. The fourth-order valence-electron chi connectivity index (χ4n) is 2.20. The molecule has 0 saturated carbocycles. The van der Waals surface area contributed by atoms with Gasteiger partial charge in [-0.2, -0.15) is 0 Å². The van der Waals surface area contributed by atoms with E-state index >= 15 is 0 Å². The lowest BCUT2D eigenvalue weighted by Crippen LogP contribution is -2.41. The molecule has 24 heavy (non-hydrogen) atoms. The molecule has 1 saturated heterocycles. The highest BCUT2D eigenvalue weighted by Gasteiger charge is 2.52. The van der Waals surface area contributed by atoms with E-state index in [0.29, 0.717) is 11.0 Å². The predicted molar refractivity (Wildman–Crippen MR) is 84.3 cm³/mol. The zero-order valence-corrected chi connectivity index (χ0v) is 14.0. The Bertz CT molecular complexity index is 610. The van der Waals surface area contributed by atoms with Gasteiger partial charge in [-0.25, -0.2) is 0 Å². The van der Waals surface area contributed by atoms with Crippen molar-refractivity contribution in [2.24, 2.45) is 0 Å². The quantitative estimate of drug-likeness (QED) is 0.848. The Labute approximate surface area is 139 Å². The van der Waals surface area contributed by atoms with Crippen LogP contribution in [0.2, 0.25) is 0 Å². The number of ether oxygens (including phenoxy) is 1. The summed E-state index contributed by atoms with van der Waals surface area (Å²) in [6.07, 6.45) is -3.22. The van der Waals surface area contributed by atoms with Crippen LogP contribution in [0.1, 0.15) is 33.3 Å². The minimum Gasteiger partial charge on any atom is -0.406 e. The predicted octanol–water partition coefficient (Wildman–Crippen LogP) is 3.59. The number of hydrogen-bond donors (Lipinski definition) is 1. The Morgan fingerprint density at radius 3 is 2.29 bits per heavy atom. The summed E-state index contributed by atoms with van der Waals surface area (Å²) >= 11 is 0. The third kappa shape index (κ3) is 4.31. The SMILES string of the molecule is CC1(C)OB(C(=Cc2cccc(OC(F)(F)F)c2)CO)OC1(C)C. The van der Waals surface area contributed by atoms with E-state index in [1.54, 1.807) is 6.07 Å². The van der Waals surface area contributed by atoms with Crippen molar-refractivity contribution in [3.63, 3.8) is 0 Å². The number of aliphatic hydroxyl groups is 1. The molecule has 1 aliphatic rings. The van der Waals surface area contributed by atoms with Crippen LogP contribution in [0.25, 0.3) is 6.08 Å². The number of halogens is 3. The first-order chi connectivity index (χ1) is 10.9. The van der Waals surface area contributed by atoms with Crippen LogP contribution in [0.3, 0.4) is 0 Å². The lowest BCUT2D eigenvalue weighted by atomic mass is 9.77. The van der Waals surface area contributed by atoms with Crippen molar-refractivity contribution < 1.29 is 32.3 Å². The number of benzene rings is 1. The van der Waals surface area contributed by atoms with Crippen LogP contribution in [0, 0.1) is 0 Å². The summed E-state index contributed by atoms with van der Waals surface area (Å²) in [6, 6.07) is 5.48. The average Bonchev–Trinajstić information content (AvgIpc) is 2.63. The van der Waals surface area contributed by atoms with Crippen molar-refractivity contribution in [1.29, 1.82) is 0 Å². The van der Waals surface area contributed by atoms with Crippen LogP contribution in [-0.2, 0) is 9.31 Å². The summed E-state index contributed by atoms with van der Waals surface area (Å²) in [4.78, 5) is 0. The zero-order valence-electron chi connectivity index (χ0n) is 14.0. The van der Waals surface area contributed by atoms with Gasteiger partial charge in [-0.05, 0) is 50.9 Å². The largest absolute Gasteiger partial charge is 0.573 e. The van der Waals surface area contributed by atoms with E-state index in [0.717, 1.165) is 0 Å². The zero-order chi connectivity index (χ0) is 18.2. The van der Waals surface area contributed by atoms with E-state index in [4.69, 9.17) is 9.31 Å². The van der Waals surface area contributed by atoms with E-state index in [1.807, 2.05) is 27.7 Å². The standard InChI is InChI=1S/C16H20BF3O4/c1-14(2)15(3,4)24-17(23-14)12(10-21)8-11-6-5-7-13(9-11)22-16(18,19)20/h5-9,21H,10H2,1-4H3. The van der Waals surface area contributed by atoms with Crippen molar-refractivity contribution in [3.05, 3.63) is 35.3 Å². The van der Waals surface area contributed by atoms with E-state index in [-0.39, 0.29) is 12.4 Å². The summed E-state index contributed by atoms with van der Waals surface area (Å²) in [5.41, 5.74) is -0.298. The Balaban J connectivity index is 2.24. The number of alkyl halides is 3. The summed E-state index contributed by atoms with van der Waals surface area (Å²) in [5.74, 6) is -0.331. The number of rotatable bonds is 4. The lowest BCUT2D eigenvalue weighted by molar-refractivity contribution is -0.274. The first-order valence-electron chi connectivity index (χ1n) is 7.46. The molecule has 0 amide bonds. The smallest absolute Gasteiger partial charge is 0.406 e. The first-order valence-corrected chi connectivity index (χ1v) is 7.46. The molecule has 0 atom stereocenters. The van der Waals surface area contributed by atoms with Gasteiger partial charge in [-0.15, -0.1) is 13.2 Å². The molecule has 0 bridgehead atoms. The minimum atomic E-state index is -4.76. The monoisotopic (exact) mass is 344 g/mol. The summed E-state index contributed by atoms with van der Waals surface area (Å²) in [5, 5.41) is 9.60. The molecule has 0 spiro atoms. The van der Waals surface area contributed by atoms with Crippen LogP contribution >= 0.6 is 0 Å². The van der Waals surface area contributed by atoms with Crippen molar-refractivity contribution >= 4 is 13.2 Å². The topological polar surface area (TPSA) is 47.9 Å². The molecule has 1 aromatic rings. The maximum Gasteiger partial charge on any atom is 0.573 e. The second kappa shape index (κ2) is 6.42. The van der Waals surface area contributed by atoms with Crippen LogP contribution in [0.5, 0.6) is 5.75 Å². The average molecular weight is 344 g/mol. The summed E-state index contributed by atoms with van der Waals surface area (Å²) in [7, 11) is -0.771. The molecule has 4 nitrogen and oxygen atoms in total. The highest BCUT2D eigenvalue weighted by Crippen LogP contribution is 2.38. The van der Waals surface area contributed by atoms with Crippen LogP contribution in [0.4, 0.5) is 13.2 Å². The van der Waals surface area contributed by atoms with Crippen LogP contribution in [-0.4, -0.2) is 36.4 Å². The molecule has 1 fully saturated rings. The Hall–Kier alpha value is -1.51. The van der Waals surface area contributed by atoms with Gasteiger partial charge in [0.1, 0.15) is 5.75 Å². The molecular weight excluding hydrogens is 324 g/mol. The van der Waals surface area contributed by atoms with Crippen molar-refractivity contribution in [2.75, 3.05) is 6.61 Å². The Morgan fingerprint density at radius 1 is 1.21 bits per heavy atom. The van der Waals surface area contributed by atoms with Gasteiger partial charge >= 0.3 is 13.5 Å². The van der Waals surface area contributed by atoms with Gasteiger partial charge in [0.15, 0.2) is 0 Å². The van der Waals surface area contributed by atoms with E-state index in [1.165, 1.54) is 24.3 Å². The molecule has 132 valence electrons. The second-order valence-corrected chi connectivity index (χ2v) is 6.59. The molecule has 1 N–H and O–H groups in total. The minimum absolute atomic E-state index is 0.331. The van der Waals surface area contributed by atoms with Crippen LogP contribution < -0.4 is 4.74 Å². The molecule has 0 aromatic heterocycles. The normalized spacial score (nSPS) is 20.3. The van der Waals surface area contributed by atoms with Gasteiger partial charge in [-0.3, -0.25) is 0 Å². The summed E-state index contributed by atoms with van der Waals surface area (Å²) < 4.78 is 52.5. The van der Waals surface area contributed by atoms with Gasteiger partial charge in [0.2, 0.25) is 0 Å². The van der Waals surface area contributed by atoms with Crippen molar-refractivity contribution in [2.45, 2.75) is 45.3 Å². The molecule has 1 aromatic carbocycles.